The lowest BCUT2D eigenvalue weighted by atomic mass is 9.93. The van der Waals surface area contributed by atoms with Crippen LogP contribution < -0.4 is 0 Å². The Balaban J connectivity index is 1.51. The van der Waals surface area contributed by atoms with E-state index in [4.69, 9.17) is 9.47 Å². The number of nitrogens with zero attached hydrogens (tertiary/aromatic N) is 1. The summed E-state index contributed by atoms with van der Waals surface area (Å²) in [5.74, 6) is 0.137. The number of benzene rings is 2. The molecule has 0 spiro atoms. The van der Waals surface area contributed by atoms with Gasteiger partial charge in [-0.05, 0) is 49.9 Å². The molecule has 5 heteroatoms. The van der Waals surface area contributed by atoms with Crippen molar-refractivity contribution in [3.63, 3.8) is 0 Å². The second kappa shape index (κ2) is 8.47. The van der Waals surface area contributed by atoms with Crippen molar-refractivity contribution >= 4 is 11.7 Å². The van der Waals surface area contributed by atoms with E-state index in [1.54, 1.807) is 12.1 Å². The SMILES string of the molecule is Cc1ccc(C(=O)c2ccccc2C(=O)N2CCC(C3OCCO3)CC2)cc1C. The summed E-state index contributed by atoms with van der Waals surface area (Å²) in [7, 11) is 0. The number of rotatable bonds is 4. The van der Waals surface area contributed by atoms with E-state index in [2.05, 4.69) is 0 Å². The Labute approximate surface area is 171 Å². The maximum atomic E-state index is 13.2. The van der Waals surface area contributed by atoms with Crippen LogP contribution >= 0.6 is 0 Å². The Morgan fingerprint density at radius 2 is 1.55 bits per heavy atom. The second-order valence-corrected chi connectivity index (χ2v) is 7.91. The number of aryl methyl sites for hydroxylation is 2. The number of likely N-dealkylation sites (tertiary alicyclic amines) is 1. The van der Waals surface area contributed by atoms with Gasteiger partial charge < -0.3 is 14.4 Å². The summed E-state index contributed by atoms with van der Waals surface area (Å²) in [4.78, 5) is 28.2. The number of carbonyl (C=O) groups excluding carboxylic acids is 2. The molecule has 2 heterocycles. The molecule has 4 rings (SSSR count). The van der Waals surface area contributed by atoms with Gasteiger partial charge in [0.25, 0.3) is 5.91 Å². The van der Waals surface area contributed by atoms with E-state index >= 15 is 0 Å². The molecule has 0 saturated carbocycles. The normalized spacial score (nSPS) is 18.2. The summed E-state index contributed by atoms with van der Waals surface area (Å²) in [6, 6.07) is 12.8. The van der Waals surface area contributed by atoms with Crippen LogP contribution in [0, 0.1) is 19.8 Å². The van der Waals surface area contributed by atoms with Gasteiger partial charge in [0.15, 0.2) is 12.1 Å². The van der Waals surface area contributed by atoms with Crippen molar-refractivity contribution in [2.75, 3.05) is 26.3 Å². The number of amides is 1. The molecule has 152 valence electrons. The van der Waals surface area contributed by atoms with Gasteiger partial charge in [0.1, 0.15) is 0 Å². The first-order valence-corrected chi connectivity index (χ1v) is 10.3. The van der Waals surface area contributed by atoms with Gasteiger partial charge in [-0.2, -0.15) is 0 Å². The fraction of sp³-hybridized carbons (Fsp3) is 0.417. The molecule has 2 aliphatic rings. The molecule has 1 amide bonds. The maximum absolute atomic E-state index is 13.2. The molecule has 0 radical (unpaired) electrons. The fourth-order valence-electron chi connectivity index (χ4n) is 4.10. The highest BCUT2D eigenvalue weighted by Gasteiger charge is 2.32. The Morgan fingerprint density at radius 3 is 2.21 bits per heavy atom. The smallest absolute Gasteiger partial charge is 0.254 e. The molecule has 5 nitrogen and oxygen atoms in total. The van der Waals surface area contributed by atoms with E-state index in [1.165, 1.54) is 0 Å². The molecule has 0 aliphatic carbocycles. The minimum atomic E-state index is -0.133. The van der Waals surface area contributed by atoms with E-state index < -0.39 is 0 Å². The van der Waals surface area contributed by atoms with Crippen LogP contribution in [0.4, 0.5) is 0 Å². The molecule has 0 aromatic heterocycles. The maximum Gasteiger partial charge on any atom is 0.254 e. The first-order valence-electron chi connectivity index (χ1n) is 10.3. The molecule has 2 aromatic rings. The van der Waals surface area contributed by atoms with E-state index in [9.17, 15) is 9.59 Å². The summed E-state index contributed by atoms with van der Waals surface area (Å²) in [6.07, 6.45) is 1.57. The van der Waals surface area contributed by atoms with E-state index in [-0.39, 0.29) is 18.0 Å². The summed E-state index contributed by atoms with van der Waals surface area (Å²) in [5, 5.41) is 0. The zero-order valence-electron chi connectivity index (χ0n) is 17.0. The minimum absolute atomic E-state index is 0.0792. The van der Waals surface area contributed by atoms with Gasteiger partial charge >= 0.3 is 0 Å². The van der Waals surface area contributed by atoms with E-state index in [1.807, 2.05) is 49.1 Å². The number of hydrogen-bond donors (Lipinski definition) is 0. The monoisotopic (exact) mass is 393 g/mol. The van der Waals surface area contributed by atoms with E-state index in [0.29, 0.717) is 48.9 Å². The predicted octanol–water partition coefficient (Wildman–Crippen LogP) is 3.76. The minimum Gasteiger partial charge on any atom is -0.350 e. The largest absolute Gasteiger partial charge is 0.350 e. The van der Waals surface area contributed by atoms with Crippen molar-refractivity contribution in [2.45, 2.75) is 33.0 Å². The Hall–Kier alpha value is -2.50. The molecule has 0 atom stereocenters. The Bertz CT molecular complexity index is 909. The van der Waals surface area contributed by atoms with Crippen molar-refractivity contribution in [3.05, 3.63) is 70.3 Å². The van der Waals surface area contributed by atoms with Gasteiger partial charge in [-0.15, -0.1) is 0 Å². The van der Waals surface area contributed by atoms with Gasteiger partial charge in [-0.3, -0.25) is 9.59 Å². The molecule has 2 aromatic carbocycles. The molecule has 29 heavy (non-hydrogen) atoms. The highest BCUT2D eigenvalue weighted by atomic mass is 16.7. The quantitative estimate of drug-likeness (QED) is 0.742. The molecule has 0 bridgehead atoms. The van der Waals surface area contributed by atoms with Crippen LogP contribution in [0.25, 0.3) is 0 Å². The standard InChI is InChI=1S/C24H27NO4/c1-16-7-8-19(15-17(16)2)22(26)20-5-3-4-6-21(20)23(27)25-11-9-18(10-12-25)24-28-13-14-29-24/h3-8,15,18,24H,9-14H2,1-2H3. The van der Waals surface area contributed by atoms with E-state index in [0.717, 1.165) is 24.0 Å². The molecule has 2 fully saturated rings. The lowest BCUT2D eigenvalue weighted by Gasteiger charge is -2.34. The van der Waals surface area contributed by atoms with Crippen LogP contribution in [-0.2, 0) is 9.47 Å². The lowest BCUT2D eigenvalue weighted by molar-refractivity contribution is -0.0956. The van der Waals surface area contributed by atoms with Crippen molar-refractivity contribution in [1.29, 1.82) is 0 Å². The van der Waals surface area contributed by atoms with Crippen LogP contribution in [0.1, 0.15) is 50.2 Å². The topological polar surface area (TPSA) is 55.8 Å². The first-order chi connectivity index (χ1) is 14.0. The van der Waals surface area contributed by atoms with Crippen molar-refractivity contribution in [2.24, 2.45) is 5.92 Å². The molecule has 0 unspecified atom stereocenters. The van der Waals surface area contributed by atoms with Gasteiger partial charge in [-0.1, -0.05) is 30.3 Å². The first kappa shape index (κ1) is 19.8. The number of carbonyl (C=O) groups is 2. The average Bonchev–Trinajstić information content (AvgIpc) is 3.30. The summed E-state index contributed by atoms with van der Waals surface area (Å²) < 4.78 is 11.2. The zero-order valence-corrected chi connectivity index (χ0v) is 17.0. The molecule has 2 aliphatic heterocycles. The van der Waals surface area contributed by atoms with Crippen LogP contribution in [0.15, 0.2) is 42.5 Å². The average molecular weight is 393 g/mol. The lowest BCUT2D eigenvalue weighted by Crippen LogP contribution is -2.41. The fourth-order valence-corrected chi connectivity index (χ4v) is 4.10. The van der Waals surface area contributed by atoms with Crippen LogP contribution in [0.3, 0.4) is 0 Å². The number of ether oxygens (including phenoxy) is 2. The molecule has 2 saturated heterocycles. The van der Waals surface area contributed by atoms with Crippen LogP contribution in [0.5, 0.6) is 0 Å². The van der Waals surface area contributed by atoms with Gasteiger partial charge in [0.05, 0.1) is 18.8 Å². The summed E-state index contributed by atoms with van der Waals surface area (Å²) in [6.45, 7) is 6.62. The third-order valence-electron chi connectivity index (χ3n) is 6.03. The van der Waals surface area contributed by atoms with Crippen LogP contribution in [-0.4, -0.2) is 49.2 Å². The predicted molar refractivity (Wildman–Crippen MR) is 110 cm³/mol. The van der Waals surface area contributed by atoms with Crippen LogP contribution in [0.2, 0.25) is 0 Å². The van der Waals surface area contributed by atoms with Gasteiger partial charge in [-0.25, -0.2) is 0 Å². The second-order valence-electron chi connectivity index (χ2n) is 7.91. The Morgan fingerprint density at radius 1 is 0.897 bits per heavy atom. The highest BCUT2D eigenvalue weighted by molar-refractivity contribution is 6.15. The number of hydrogen-bond acceptors (Lipinski definition) is 4. The third kappa shape index (κ3) is 4.11. The number of piperidine rings is 1. The van der Waals surface area contributed by atoms with Crippen molar-refractivity contribution < 1.29 is 19.1 Å². The Kier molecular flexibility index (Phi) is 5.79. The zero-order chi connectivity index (χ0) is 20.4. The molecular formula is C24H27NO4. The third-order valence-corrected chi connectivity index (χ3v) is 6.03. The summed E-state index contributed by atoms with van der Waals surface area (Å²) in [5.41, 5.74) is 3.76. The molecular weight excluding hydrogens is 366 g/mol. The van der Waals surface area contributed by atoms with Gasteiger partial charge in [0.2, 0.25) is 0 Å². The number of ketones is 1. The molecule has 0 N–H and O–H groups in total. The van der Waals surface area contributed by atoms with Gasteiger partial charge in [0, 0.05) is 30.1 Å². The van der Waals surface area contributed by atoms with Crippen molar-refractivity contribution in [3.8, 4) is 0 Å². The summed E-state index contributed by atoms with van der Waals surface area (Å²) >= 11 is 0. The van der Waals surface area contributed by atoms with Crippen molar-refractivity contribution in [1.82, 2.24) is 4.90 Å². The highest BCUT2D eigenvalue weighted by Crippen LogP contribution is 2.27.